The first-order valence-corrected chi connectivity index (χ1v) is 7.01. The fourth-order valence-corrected chi connectivity index (χ4v) is 2.68. The van der Waals surface area contributed by atoms with Crippen LogP contribution in [0.2, 0.25) is 0 Å². The van der Waals surface area contributed by atoms with Crippen molar-refractivity contribution in [3.63, 3.8) is 0 Å². The third kappa shape index (κ3) is 4.28. The van der Waals surface area contributed by atoms with Gasteiger partial charge in [-0.05, 0) is 25.3 Å². The molecule has 1 aliphatic rings. The van der Waals surface area contributed by atoms with E-state index in [9.17, 15) is 8.78 Å². The molecule has 1 N–H and O–H groups in total. The van der Waals surface area contributed by atoms with Crippen LogP contribution >= 0.6 is 0 Å². The molecule has 4 nitrogen and oxygen atoms in total. The number of benzene rings is 1. The average molecular weight is 301 g/mol. The quantitative estimate of drug-likeness (QED) is 0.840. The van der Waals surface area contributed by atoms with Crippen molar-refractivity contribution >= 4 is 0 Å². The van der Waals surface area contributed by atoms with E-state index in [0.29, 0.717) is 23.9 Å². The third-order valence-electron chi connectivity index (χ3n) is 3.79. The van der Waals surface area contributed by atoms with E-state index in [1.165, 1.54) is 7.11 Å². The summed E-state index contributed by atoms with van der Waals surface area (Å²) in [7, 11) is 3.15. The molecule has 21 heavy (non-hydrogen) atoms. The van der Waals surface area contributed by atoms with Crippen LogP contribution in [0.5, 0.6) is 11.5 Å². The Bertz CT molecular complexity index is 457. The van der Waals surface area contributed by atoms with Gasteiger partial charge < -0.3 is 19.5 Å². The minimum absolute atomic E-state index is 0.101. The summed E-state index contributed by atoms with van der Waals surface area (Å²) >= 11 is 0. The number of para-hydroxylation sites is 1. The van der Waals surface area contributed by atoms with Crippen LogP contribution < -0.4 is 14.8 Å². The molecular formula is C15H21F2NO3. The van der Waals surface area contributed by atoms with E-state index in [1.54, 1.807) is 25.3 Å². The summed E-state index contributed by atoms with van der Waals surface area (Å²) in [5, 5.41) is 3.37. The molecule has 0 amide bonds. The molecule has 1 fully saturated rings. The van der Waals surface area contributed by atoms with Crippen molar-refractivity contribution in [2.24, 2.45) is 0 Å². The van der Waals surface area contributed by atoms with Crippen molar-refractivity contribution in [3.05, 3.63) is 23.8 Å². The Kier molecular flexibility index (Phi) is 5.76. The van der Waals surface area contributed by atoms with Crippen molar-refractivity contribution in [1.29, 1.82) is 0 Å². The number of hydrogen-bond donors (Lipinski definition) is 1. The van der Waals surface area contributed by atoms with Crippen molar-refractivity contribution in [2.75, 3.05) is 14.2 Å². The molecule has 0 spiro atoms. The Morgan fingerprint density at radius 2 is 2.10 bits per heavy atom. The Hall–Kier alpha value is -1.40. The summed E-state index contributed by atoms with van der Waals surface area (Å²) < 4.78 is 40.1. The topological polar surface area (TPSA) is 39.7 Å². The standard InChI is InChI=1S/C15H21F2NO3/c1-19-12-7-6-11(8-12)18-9-10-4-3-5-13(20-2)14(10)21-15(16)17/h3-5,11-12,15,18H,6-9H2,1-2H3. The largest absolute Gasteiger partial charge is 0.493 e. The van der Waals surface area contributed by atoms with Gasteiger partial charge in [-0.25, -0.2) is 0 Å². The van der Waals surface area contributed by atoms with Gasteiger partial charge in [0.1, 0.15) is 0 Å². The molecule has 118 valence electrons. The summed E-state index contributed by atoms with van der Waals surface area (Å²) in [6.45, 7) is -2.41. The van der Waals surface area contributed by atoms with Crippen LogP contribution in [0, 0.1) is 0 Å². The minimum Gasteiger partial charge on any atom is -0.493 e. The molecule has 0 aliphatic heterocycles. The zero-order valence-corrected chi connectivity index (χ0v) is 12.3. The fraction of sp³-hybridized carbons (Fsp3) is 0.600. The molecule has 0 radical (unpaired) electrons. The second kappa shape index (κ2) is 7.56. The predicted octanol–water partition coefficient (Wildman–Crippen LogP) is 2.95. The maximum absolute atomic E-state index is 12.5. The van der Waals surface area contributed by atoms with Crippen LogP contribution in [0.25, 0.3) is 0 Å². The van der Waals surface area contributed by atoms with E-state index in [2.05, 4.69) is 10.1 Å². The first-order chi connectivity index (χ1) is 10.1. The van der Waals surface area contributed by atoms with Crippen molar-refractivity contribution in [3.8, 4) is 11.5 Å². The van der Waals surface area contributed by atoms with E-state index in [0.717, 1.165) is 19.3 Å². The molecule has 6 heteroatoms. The molecule has 2 unspecified atom stereocenters. The van der Waals surface area contributed by atoms with E-state index < -0.39 is 6.61 Å². The van der Waals surface area contributed by atoms with E-state index in [1.807, 2.05) is 0 Å². The van der Waals surface area contributed by atoms with Crippen LogP contribution in [0.1, 0.15) is 24.8 Å². The van der Waals surface area contributed by atoms with Crippen LogP contribution in [-0.4, -0.2) is 33.0 Å². The fourth-order valence-electron chi connectivity index (χ4n) is 2.68. The second-order valence-corrected chi connectivity index (χ2v) is 5.08. The minimum atomic E-state index is -2.87. The number of hydrogen-bond acceptors (Lipinski definition) is 4. The molecule has 0 saturated heterocycles. The van der Waals surface area contributed by atoms with E-state index in [4.69, 9.17) is 9.47 Å². The molecule has 1 saturated carbocycles. The normalized spacial score (nSPS) is 21.8. The summed E-state index contributed by atoms with van der Waals surface area (Å²) in [6, 6.07) is 5.47. The van der Waals surface area contributed by atoms with Gasteiger partial charge in [0.25, 0.3) is 0 Å². The first-order valence-electron chi connectivity index (χ1n) is 7.01. The number of alkyl halides is 2. The number of halogens is 2. The monoisotopic (exact) mass is 301 g/mol. The summed E-state index contributed by atoms with van der Waals surface area (Å²) in [4.78, 5) is 0. The molecule has 1 aromatic carbocycles. The van der Waals surface area contributed by atoms with Crippen molar-refractivity contribution in [2.45, 2.75) is 44.6 Å². The van der Waals surface area contributed by atoms with Gasteiger partial charge in [-0.15, -0.1) is 0 Å². The Morgan fingerprint density at radius 3 is 2.71 bits per heavy atom. The molecule has 0 bridgehead atoms. The Labute approximate surface area is 123 Å². The summed E-state index contributed by atoms with van der Waals surface area (Å²) in [6.07, 6.45) is 3.26. The maximum atomic E-state index is 12.5. The lowest BCUT2D eigenvalue weighted by Crippen LogP contribution is -2.27. The lowest BCUT2D eigenvalue weighted by atomic mass is 10.1. The van der Waals surface area contributed by atoms with Gasteiger partial charge in [0.05, 0.1) is 13.2 Å². The summed E-state index contributed by atoms with van der Waals surface area (Å²) in [5.41, 5.74) is 0.663. The van der Waals surface area contributed by atoms with Gasteiger partial charge in [0.15, 0.2) is 11.5 Å². The van der Waals surface area contributed by atoms with Crippen molar-refractivity contribution in [1.82, 2.24) is 5.32 Å². The molecule has 2 atom stereocenters. The highest BCUT2D eigenvalue weighted by atomic mass is 19.3. The van der Waals surface area contributed by atoms with Gasteiger partial charge in [0.2, 0.25) is 0 Å². The third-order valence-corrected chi connectivity index (χ3v) is 3.79. The molecule has 0 aromatic heterocycles. The Morgan fingerprint density at radius 1 is 1.29 bits per heavy atom. The second-order valence-electron chi connectivity index (χ2n) is 5.08. The zero-order valence-electron chi connectivity index (χ0n) is 12.3. The maximum Gasteiger partial charge on any atom is 0.387 e. The van der Waals surface area contributed by atoms with Crippen LogP contribution in [-0.2, 0) is 11.3 Å². The SMILES string of the molecule is COc1cccc(CNC2CCC(OC)C2)c1OC(F)F. The lowest BCUT2D eigenvalue weighted by Gasteiger charge is -2.17. The first kappa shape index (κ1) is 16.0. The molecule has 1 aromatic rings. The van der Waals surface area contributed by atoms with Crippen molar-refractivity contribution < 1.29 is 23.0 Å². The van der Waals surface area contributed by atoms with Gasteiger partial charge in [0, 0.05) is 25.3 Å². The number of nitrogens with one attached hydrogen (secondary N) is 1. The number of methoxy groups -OCH3 is 2. The smallest absolute Gasteiger partial charge is 0.387 e. The highest BCUT2D eigenvalue weighted by Crippen LogP contribution is 2.33. The van der Waals surface area contributed by atoms with Crippen LogP contribution in [0.3, 0.4) is 0 Å². The Balaban J connectivity index is 2.02. The number of ether oxygens (including phenoxy) is 3. The molecular weight excluding hydrogens is 280 g/mol. The van der Waals surface area contributed by atoms with Gasteiger partial charge in [-0.3, -0.25) is 0 Å². The molecule has 1 aliphatic carbocycles. The summed E-state index contributed by atoms with van der Waals surface area (Å²) in [5.74, 6) is 0.416. The zero-order chi connectivity index (χ0) is 15.2. The molecule has 0 heterocycles. The average Bonchev–Trinajstić information content (AvgIpc) is 2.93. The van der Waals surface area contributed by atoms with Gasteiger partial charge >= 0.3 is 6.61 Å². The lowest BCUT2D eigenvalue weighted by molar-refractivity contribution is -0.0518. The van der Waals surface area contributed by atoms with Gasteiger partial charge in [-0.1, -0.05) is 12.1 Å². The van der Waals surface area contributed by atoms with E-state index in [-0.39, 0.29) is 11.9 Å². The predicted molar refractivity (Wildman–Crippen MR) is 74.9 cm³/mol. The van der Waals surface area contributed by atoms with Crippen LogP contribution in [0.4, 0.5) is 8.78 Å². The van der Waals surface area contributed by atoms with E-state index >= 15 is 0 Å². The molecule has 2 rings (SSSR count). The highest BCUT2D eigenvalue weighted by molar-refractivity contribution is 5.46. The highest BCUT2D eigenvalue weighted by Gasteiger charge is 2.24. The number of rotatable bonds is 7. The van der Waals surface area contributed by atoms with Crippen LogP contribution in [0.15, 0.2) is 18.2 Å². The van der Waals surface area contributed by atoms with Gasteiger partial charge in [-0.2, -0.15) is 8.78 Å².